The van der Waals surface area contributed by atoms with Gasteiger partial charge < -0.3 is 20.7 Å². The summed E-state index contributed by atoms with van der Waals surface area (Å²) in [5.74, 6) is 0.124. The van der Waals surface area contributed by atoms with Crippen molar-refractivity contribution in [3.63, 3.8) is 0 Å². The number of nitrogens with two attached hydrogens (primary N) is 1. The smallest absolute Gasteiger partial charge is 0.248 e. The third-order valence-corrected chi connectivity index (χ3v) is 5.93. The number of primary amides is 1. The van der Waals surface area contributed by atoms with Crippen molar-refractivity contribution >= 4 is 23.2 Å². The standard InChI is InChI=1S/C25H23N3O3/c26-24(29)16-11-12-20(28-13-5-6-14-28)19(15-16)27-25(30)23-17-7-1-3-9-21(17)31-22-10-4-2-8-18(22)23/h1-4,7-12,15,23H,5-6,13-14H2,(H2,26,29)(H,27,30). The van der Waals surface area contributed by atoms with Crippen molar-refractivity contribution in [2.24, 2.45) is 5.73 Å². The number of nitrogens with zero attached hydrogens (tertiary/aromatic N) is 1. The predicted molar refractivity (Wildman–Crippen MR) is 120 cm³/mol. The first-order chi connectivity index (χ1) is 15.1. The van der Waals surface area contributed by atoms with Crippen molar-refractivity contribution in [2.75, 3.05) is 23.3 Å². The number of hydrogen-bond donors (Lipinski definition) is 2. The van der Waals surface area contributed by atoms with Gasteiger partial charge in [-0.2, -0.15) is 0 Å². The topological polar surface area (TPSA) is 84.7 Å². The number of para-hydroxylation sites is 2. The zero-order valence-electron chi connectivity index (χ0n) is 17.0. The van der Waals surface area contributed by atoms with Crippen molar-refractivity contribution in [3.8, 4) is 11.5 Å². The fourth-order valence-electron chi connectivity index (χ4n) is 4.42. The number of ether oxygens (including phenoxy) is 1. The van der Waals surface area contributed by atoms with Gasteiger partial charge in [-0.05, 0) is 43.2 Å². The first-order valence-electron chi connectivity index (χ1n) is 10.5. The molecule has 0 bridgehead atoms. The molecule has 156 valence electrons. The molecule has 0 radical (unpaired) electrons. The molecule has 0 aromatic heterocycles. The van der Waals surface area contributed by atoms with Crippen LogP contribution in [0.2, 0.25) is 0 Å². The molecule has 2 amide bonds. The molecular formula is C25H23N3O3. The average Bonchev–Trinajstić information content (AvgIpc) is 3.32. The second-order valence-electron chi connectivity index (χ2n) is 7.89. The van der Waals surface area contributed by atoms with Crippen molar-refractivity contribution in [1.29, 1.82) is 0 Å². The normalized spacial score (nSPS) is 15.0. The van der Waals surface area contributed by atoms with E-state index in [1.807, 2.05) is 54.6 Å². The number of fused-ring (bicyclic) bond motifs is 2. The van der Waals surface area contributed by atoms with E-state index in [1.54, 1.807) is 12.1 Å². The molecule has 5 rings (SSSR count). The van der Waals surface area contributed by atoms with Gasteiger partial charge in [0.2, 0.25) is 11.8 Å². The number of nitrogens with one attached hydrogen (secondary N) is 1. The second-order valence-corrected chi connectivity index (χ2v) is 7.89. The van der Waals surface area contributed by atoms with Gasteiger partial charge in [-0.1, -0.05) is 36.4 Å². The van der Waals surface area contributed by atoms with Crippen molar-refractivity contribution in [1.82, 2.24) is 0 Å². The summed E-state index contributed by atoms with van der Waals surface area (Å²) in [4.78, 5) is 27.6. The van der Waals surface area contributed by atoms with Crippen molar-refractivity contribution in [3.05, 3.63) is 83.4 Å². The molecule has 0 aliphatic carbocycles. The van der Waals surface area contributed by atoms with E-state index in [2.05, 4.69) is 10.2 Å². The Morgan fingerprint density at radius 2 is 1.52 bits per heavy atom. The van der Waals surface area contributed by atoms with Crippen LogP contribution in [0, 0.1) is 0 Å². The zero-order chi connectivity index (χ0) is 21.4. The van der Waals surface area contributed by atoms with Gasteiger partial charge in [0.25, 0.3) is 0 Å². The predicted octanol–water partition coefficient (Wildman–Crippen LogP) is 4.26. The van der Waals surface area contributed by atoms with Crippen LogP contribution in [0.4, 0.5) is 11.4 Å². The molecule has 1 saturated heterocycles. The fourth-order valence-corrected chi connectivity index (χ4v) is 4.42. The lowest BCUT2D eigenvalue weighted by Crippen LogP contribution is -2.27. The minimum atomic E-state index is -0.523. The third-order valence-electron chi connectivity index (χ3n) is 5.93. The van der Waals surface area contributed by atoms with E-state index in [0.717, 1.165) is 42.7 Å². The van der Waals surface area contributed by atoms with Crippen LogP contribution < -0.4 is 20.7 Å². The van der Waals surface area contributed by atoms with E-state index in [9.17, 15) is 9.59 Å². The van der Waals surface area contributed by atoms with Gasteiger partial charge in [-0.25, -0.2) is 0 Å². The Labute approximate surface area is 180 Å². The Morgan fingerprint density at radius 3 is 2.13 bits per heavy atom. The van der Waals surface area contributed by atoms with Crippen molar-refractivity contribution in [2.45, 2.75) is 18.8 Å². The monoisotopic (exact) mass is 413 g/mol. The summed E-state index contributed by atoms with van der Waals surface area (Å²) in [6, 6.07) is 20.4. The van der Waals surface area contributed by atoms with Crippen LogP contribution >= 0.6 is 0 Å². The summed E-state index contributed by atoms with van der Waals surface area (Å²) < 4.78 is 6.01. The highest BCUT2D eigenvalue weighted by Gasteiger charge is 2.33. The van der Waals surface area contributed by atoms with Crippen LogP contribution in [-0.2, 0) is 4.79 Å². The van der Waals surface area contributed by atoms with E-state index in [1.165, 1.54) is 0 Å². The number of anilines is 2. The highest BCUT2D eigenvalue weighted by atomic mass is 16.5. The lowest BCUT2D eigenvalue weighted by atomic mass is 9.87. The van der Waals surface area contributed by atoms with Gasteiger partial charge in [0.05, 0.1) is 17.3 Å². The number of rotatable bonds is 4. The van der Waals surface area contributed by atoms with E-state index in [-0.39, 0.29) is 5.91 Å². The molecule has 6 heteroatoms. The number of benzene rings is 3. The molecule has 0 spiro atoms. The van der Waals surface area contributed by atoms with Crippen LogP contribution in [0.25, 0.3) is 0 Å². The van der Waals surface area contributed by atoms with Gasteiger partial charge >= 0.3 is 0 Å². The summed E-state index contributed by atoms with van der Waals surface area (Å²) in [6.07, 6.45) is 2.21. The molecular weight excluding hydrogens is 390 g/mol. The molecule has 31 heavy (non-hydrogen) atoms. The van der Waals surface area contributed by atoms with Gasteiger partial charge in [-0.3, -0.25) is 9.59 Å². The van der Waals surface area contributed by atoms with Crippen LogP contribution in [0.15, 0.2) is 66.7 Å². The number of amides is 2. The summed E-state index contributed by atoms with van der Waals surface area (Å²) in [7, 11) is 0. The Bertz CT molecular complexity index is 1120. The Balaban J connectivity index is 1.55. The second kappa shape index (κ2) is 7.80. The molecule has 2 aliphatic rings. The van der Waals surface area contributed by atoms with E-state index >= 15 is 0 Å². The lowest BCUT2D eigenvalue weighted by Gasteiger charge is -2.28. The molecule has 2 heterocycles. The summed E-state index contributed by atoms with van der Waals surface area (Å²) in [6.45, 7) is 1.84. The Morgan fingerprint density at radius 1 is 0.903 bits per heavy atom. The molecule has 1 fully saturated rings. The zero-order valence-corrected chi connectivity index (χ0v) is 17.0. The third kappa shape index (κ3) is 3.50. The van der Waals surface area contributed by atoms with Gasteiger partial charge in [0.1, 0.15) is 11.5 Å². The number of carbonyl (C=O) groups is 2. The first-order valence-corrected chi connectivity index (χ1v) is 10.5. The maximum Gasteiger partial charge on any atom is 0.248 e. The average molecular weight is 413 g/mol. The highest BCUT2D eigenvalue weighted by molar-refractivity contribution is 6.03. The number of carbonyl (C=O) groups excluding carboxylic acids is 2. The summed E-state index contributed by atoms with van der Waals surface area (Å²) in [5, 5.41) is 3.09. The molecule has 3 aromatic carbocycles. The lowest BCUT2D eigenvalue weighted by molar-refractivity contribution is -0.116. The first kappa shape index (κ1) is 19.2. The van der Waals surface area contributed by atoms with Crippen LogP contribution in [0.3, 0.4) is 0 Å². The molecule has 0 atom stereocenters. The quantitative estimate of drug-likeness (QED) is 0.669. The van der Waals surface area contributed by atoms with Crippen LogP contribution in [-0.4, -0.2) is 24.9 Å². The van der Waals surface area contributed by atoms with E-state index in [4.69, 9.17) is 10.5 Å². The van der Waals surface area contributed by atoms with Gasteiger partial charge in [0, 0.05) is 29.8 Å². The fraction of sp³-hybridized carbons (Fsp3) is 0.200. The SMILES string of the molecule is NC(=O)c1ccc(N2CCCC2)c(NC(=O)C2c3ccccc3Oc3ccccc32)c1. The van der Waals surface area contributed by atoms with Crippen LogP contribution in [0.5, 0.6) is 11.5 Å². The van der Waals surface area contributed by atoms with E-state index < -0.39 is 11.8 Å². The number of hydrogen-bond acceptors (Lipinski definition) is 4. The molecule has 0 saturated carbocycles. The minimum Gasteiger partial charge on any atom is -0.457 e. The largest absolute Gasteiger partial charge is 0.457 e. The Hall–Kier alpha value is -3.80. The van der Waals surface area contributed by atoms with Gasteiger partial charge in [-0.15, -0.1) is 0 Å². The maximum absolute atomic E-state index is 13.6. The maximum atomic E-state index is 13.6. The molecule has 2 aliphatic heterocycles. The highest BCUT2D eigenvalue weighted by Crippen LogP contribution is 2.44. The molecule has 3 N–H and O–H groups in total. The van der Waals surface area contributed by atoms with E-state index in [0.29, 0.717) is 22.7 Å². The van der Waals surface area contributed by atoms with Crippen molar-refractivity contribution < 1.29 is 14.3 Å². The molecule has 3 aromatic rings. The van der Waals surface area contributed by atoms with Crippen LogP contribution in [0.1, 0.15) is 40.2 Å². The summed E-state index contributed by atoms with van der Waals surface area (Å²) >= 11 is 0. The molecule has 0 unspecified atom stereocenters. The minimum absolute atomic E-state index is 0.176. The summed E-state index contributed by atoms with van der Waals surface area (Å²) in [5.41, 5.74) is 9.00. The van der Waals surface area contributed by atoms with Gasteiger partial charge in [0.15, 0.2) is 0 Å². The molecule has 6 nitrogen and oxygen atoms in total. The Kier molecular flexibility index (Phi) is 4.82.